The molecule has 6 atom stereocenters. The molecule has 9 N–H and O–H groups in total. The van der Waals surface area contributed by atoms with Gasteiger partial charge in [-0.1, -0.05) is 74.5 Å². The predicted molar refractivity (Wildman–Crippen MR) is 233 cm³/mol. The van der Waals surface area contributed by atoms with Gasteiger partial charge in [-0.3, -0.25) is 43.2 Å². The van der Waals surface area contributed by atoms with Crippen LogP contribution in [0, 0.1) is 5.92 Å². The predicted octanol–water partition coefficient (Wildman–Crippen LogP) is -0.475. The largest absolute Gasteiger partial charge is 0.370 e. The number of carbonyl (C=O) groups excluding carboxylic acids is 9. The highest BCUT2D eigenvalue weighted by molar-refractivity contribution is 7.98. The van der Waals surface area contributed by atoms with Crippen LogP contribution >= 0.6 is 11.8 Å². The Morgan fingerprint density at radius 3 is 1.87 bits per heavy atom. The number of rotatable bonds is 25. The van der Waals surface area contributed by atoms with E-state index in [1.807, 2.05) is 20.1 Å². The molecule has 1 fully saturated rings. The lowest BCUT2D eigenvalue weighted by molar-refractivity contribution is -0.147. The van der Waals surface area contributed by atoms with E-state index >= 15 is 0 Å². The van der Waals surface area contributed by atoms with Crippen molar-refractivity contribution in [3.05, 3.63) is 71.8 Å². The summed E-state index contributed by atoms with van der Waals surface area (Å²) in [6, 6.07) is 11.1. The molecule has 1 saturated heterocycles. The molecular formula is C43H61N9O9S. The highest BCUT2D eigenvalue weighted by Crippen LogP contribution is 2.16. The molecule has 19 heteroatoms. The summed E-state index contributed by atoms with van der Waals surface area (Å²) in [6.07, 6.45) is 2.27. The Morgan fingerprint density at radius 2 is 1.34 bits per heavy atom. The fraction of sp³-hybridized carbons (Fsp3) is 0.512. The number of primary amides is 2. The molecule has 338 valence electrons. The highest BCUT2D eigenvalue weighted by Gasteiger charge is 2.37. The zero-order chi connectivity index (χ0) is 45.9. The minimum absolute atomic E-state index is 0.0210. The SMILES string of the molecule is CSCC[C@H](NC(=O)[C@H](CC(C)C)NC(=O)CN(C)C(=O)[C@H](Cc1ccccc1)N(C)C(=O)[C@H](Cc1ccccc1)NC(=O)[C@H](CCC(N)=O)NC(=O)[C@@H]1CCC(=O)N1)C(N)=O. The van der Waals surface area contributed by atoms with Crippen LogP contribution in [0.1, 0.15) is 63.5 Å². The van der Waals surface area contributed by atoms with Crippen LogP contribution in [0.3, 0.4) is 0 Å². The van der Waals surface area contributed by atoms with Crippen LogP contribution < -0.4 is 38.1 Å². The Bertz CT molecular complexity index is 1890. The monoisotopic (exact) mass is 879 g/mol. The Balaban J connectivity index is 1.89. The van der Waals surface area contributed by atoms with Gasteiger partial charge in [0.25, 0.3) is 0 Å². The first-order valence-corrected chi connectivity index (χ1v) is 21.9. The van der Waals surface area contributed by atoms with Crippen LogP contribution in [-0.4, -0.2) is 132 Å². The van der Waals surface area contributed by atoms with Crippen molar-refractivity contribution in [2.24, 2.45) is 17.4 Å². The van der Waals surface area contributed by atoms with Gasteiger partial charge in [0.05, 0.1) is 6.54 Å². The summed E-state index contributed by atoms with van der Waals surface area (Å²) < 4.78 is 0. The number of hydrogen-bond acceptors (Lipinski definition) is 10. The molecule has 0 unspecified atom stereocenters. The molecule has 0 bridgehead atoms. The molecule has 0 saturated carbocycles. The van der Waals surface area contributed by atoms with Crippen LogP contribution in [0.15, 0.2) is 60.7 Å². The van der Waals surface area contributed by atoms with E-state index in [1.54, 1.807) is 60.7 Å². The second-order valence-electron chi connectivity index (χ2n) is 15.8. The minimum atomic E-state index is -1.31. The lowest BCUT2D eigenvalue weighted by Gasteiger charge is -2.34. The van der Waals surface area contributed by atoms with Crippen molar-refractivity contribution in [2.75, 3.05) is 32.6 Å². The third-order valence-electron chi connectivity index (χ3n) is 10.3. The molecule has 1 aliphatic rings. The zero-order valence-electron chi connectivity index (χ0n) is 36.0. The Kier molecular flexibility index (Phi) is 20.4. The van der Waals surface area contributed by atoms with E-state index in [-0.39, 0.29) is 56.8 Å². The molecule has 62 heavy (non-hydrogen) atoms. The van der Waals surface area contributed by atoms with E-state index in [1.165, 1.54) is 30.8 Å². The topological polar surface area (TPSA) is 272 Å². The Morgan fingerprint density at radius 1 is 0.758 bits per heavy atom. The van der Waals surface area contributed by atoms with E-state index in [9.17, 15) is 43.2 Å². The second kappa shape index (κ2) is 25.1. The normalized spacial score (nSPS) is 15.8. The Hall–Kier alpha value is -5.98. The summed E-state index contributed by atoms with van der Waals surface area (Å²) in [7, 11) is 2.81. The number of likely N-dealkylation sites (N-methyl/N-ethyl adjacent to an activating group) is 2. The van der Waals surface area contributed by atoms with Gasteiger partial charge in [-0.15, -0.1) is 0 Å². The summed E-state index contributed by atoms with van der Waals surface area (Å²) in [5.41, 5.74) is 12.3. The van der Waals surface area contributed by atoms with Crippen molar-refractivity contribution >= 4 is 64.9 Å². The molecule has 0 aliphatic carbocycles. The molecule has 3 rings (SSSR count). The number of amides is 9. The van der Waals surface area contributed by atoms with Crippen LogP contribution in [0.4, 0.5) is 0 Å². The molecule has 0 spiro atoms. The number of nitrogens with two attached hydrogens (primary N) is 2. The number of hydrogen-bond donors (Lipinski definition) is 7. The van der Waals surface area contributed by atoms with E-state index in [0.717, 1.165) is 4.90 Å². The third kappa shape index (κ3) is 16.5. The van der Waals surface area contributed by atoms with Gasteiger partial charge in [-0.25, -0.2) is 0 Å². The number of thioether (sulfide) groups is 1. The maximum Gasteiger partial charge on any atom is 0.245 e. The smallest absolute Gasteiger partial charge is 0.245 e. The van der Waals surface area contributed by atoms with Gasteiger partial charge >= 0.3 is 0 Å². The van der Waals surface area contributed by atoms with Gasteiger partial charge in [0.15, 0.2) is 0 Å². The number of carbonyl (C=O) groups is 9. The first-order valence-electron chi connectivity index (χ1n) is 20.6. The van der Waals surface area contributed by atoms with Gasteiger partial charge in [-0.2, -0.15) is 11.8 Å². The molecule has 2 aromatic rings. The lowest BCUT2D eigenvalue weighted by Crippen LogP contribution is -2.59. The first kappa shape index (κ1) is 50.4. The summed E-state index contributed by atoms with van der Waals surface area (Å²) in [5.74, 6) is -5.18. The van der Waals surface area contributed by atoms with Crippen molar-refractivity contribution in [3.8, 4) is 0 Å². The van der Waals surface area contributed by atoms with Crippen molar-refractivity contribution in [1.82, 2.24) is 36.4 Å². The standard InChI is InChI=1S/C43H61N9O9S/c1-26(2)22-32(41(59)48-29(38(45)56)20-21-62-5)47-37(55)25-51(3)43(61)34(24-28-14-10-7-11-15-28)52(4)42(60)33(23-27-12-8-6-9-13-27)50-40(58)31(16-18-35(44)53)49-39(57)30-17-19-36(54)46-30/h6-15,26,29-34H,16-25H2,1-5H3,(H2,44,53)(H2,45,56)(H,46,54)(H,47,55)(H,48,59)(H,49,57)(H,50,58)/t29-,30-,31-,32-,33-,34-/m0/s1. The fourth-order valence-electron chi connectivity index (χ4n) is 6.87. The van der Waals surface area contributed by atoms with Gasteiger partial charge in [0.2, 0.25) is 53.2 Å². The lowest BCUT2D eigenvalue weighted by atomic mass is 10.00. The fourth-order valence-corrected chi connectivity index (χ4v) is 7.34. The minimum Gasteiger partial charge on any atom is -0.370 e. The van der Waals surface area contributed by atoms with Gasteiger partial charge in [0, 0.05) is 39.8 Å². The van der Waals surface area contributed by atoms with Gasteiger partial charge in [-0.05, 0) is 54.7 Å². The Labute approximate surface area is 366 Å². The maximum absolute atomic E-state index is 14.6. The molecule has 2 aromatic carbocycles. The van der Waals surface area contributed by atoms with Crippen LogP contribution in [-0.2, 0) is 56.0 Å². The first-order chi connectivity index (χ1) is 29.4. The van der Waals surface area contributed by atoms with Gasteiger partial charge in [0.1, 0.15) is 36.3 Å². The summed E-state index contributed by atoms with van der Waals surface area (Å²) in [5, 5.41) is 13.2. The van der Waals surface area contributed by atoms with E-state index in [0.29, 0.717) is 23.3 Å². The van der Waals surface area contributed by atoms with Crippen molar-refractivity contribution < 1.29 is 43.2 Å². The van der Waals surface area contributed by atoms with Crippen molar-refractivity contribution in [2.45, 2.75) is 101 Å². The van der Waals surface area contributed by atoms with E-state index in [4.69, 9.17) is 11.5 Å². The van der Waals surface area contributed by atoms with Crippen LogP contribution in [0.2, 0.25) is 0 Å². The van der Waals surface area contributed by atoms with E-state index < -0.39 is 90.1 Å². The molecule has 0 radical (unpaired) electrons. The van der Waals surface area contributed by atoms with Crippen molar-refractivity contribution in [3.63, 3.8) is 0 Å². The highest BCUT2D eigenvalue weighted by atomic mass is 32.2. The summed E-state index contributed by atoms with van der Waals surface area (Å²) in [6.45, 7) is 3.24. The zero-order valence-corrected chi connectivity index (χ0v) is 36.8. The average molecular weight is 880 g/mol. The maximum atomic E-state index is 14.6. The average Bonchev–Trinajstić information content (AvgIpc) is 3.68. The quantitative estimate of drug-likeness (QED) is 0.0674. The van der Waals surface area contributed by atoms with Crippen molar-refractivity contribution in [1.29, 1.82) is 0 Å². The molecule has 1 aliphatic heterocycles. The molecule has 9 amide bonds. The molecule has 0 aromatic heterocycles. The summed E-state index contributed by atoms with van der Waals surface area (Å²) in [4.78, 5) is 121. The van der Waals surface area contributed by atoms with E-state index in [2.05, 4.69) is 26.6 Å². The number of nitrogens with zero attached hydrogens (tertiary/aromatic N) is 2. The van der Waals surface area contributed by atoms with Crippen LogP contribution in [0.25, 0.3) is 0 Å². The summed E-state index contributed by atoms with van der Waals surface area (Å²) >= 11 is 1.49. The third-order valence-corrected chi connectivity index (χ3v) is 10.9. The van der Waals surface area contributed by atoms with Crippen LogP contribution in [0.5, 0.6) is 0 Å². The number of nitrogens with one attached hydrogen (secondary N) is 5. The number of benzene rings is 2. The molecule has 18 nitrogen and oxygen atoms in total. The molecular weight excluding hydrogens is 819 g/mol. The molecule has 1 heterocycles. The second-order valence-corrected chi connectivity index (χ2v) is 16.8. The van der Waals surface area contributed by atoms with Gasteiger partial charge < -0.3 is 47.9 Å².